The molecule has 5 nitrogen and oxygen atoms in total. The second-order valence-corrected chi connectivity index (χ2v) is 5.02. The van der Waals surface area contributed by atoms with Crippen molar-refractivity contribution in [1.82, 2.24) is 14.3 Å². The van der Waals surface area contributed by atoms with Gasteiger partial charge in [0.05, 0.1) is 12.7 Å². The third-order valence-corrected chi connectivity index (χ3v) is 3.74. The minimum absolute atomic E-state index is 0.207. The van der Waals surface area contributed by atoms with Crippen molar-refractivity contribution in [2.75, 3.05) is 18.0 Å². The molecule has 1 aliphatic rings. The van der Waals surface area contributed by atoms with Gasteiger partial charge >= 0.3 is 0 Å². The van der Waals surface area contributed by atoms with Crippen LogP contribution in [-0.2, 0) is 0 Å². The quantitative estimate of drug-likeness (QED) is 0.845. The molecule has 1 atom stereocenters. The van der Waals surface area contributed by atoms with E-state index in [9.17, 15) is 0 Å². The average molecular weight is 262 g/mol. The van der Waals surface area contributed by atoms with Crippen molar-refractivity contribution in [3.05, 3.63) is 30.4 Å². The zero-order chi connectivity index (χ0) is 12.4. The number of pyridine rings is 1. The van der Waals surface area contributed by atoms with Gasteiger partial charge in [0.1, 0.15) is 17.7 Å². The maximum Gasteiger partial charge on any atom is 0.205 e. The zero-order valence-corrected chi connectivity index (χ0v) is 10.9. The van der Waals surface area contributed by atoms with Gasteiger partial charge in [-0.05, 0) is 19.1 Å². The normalized spacial score (nSPS) is 19.2. The number of anilines is 1. The molecule has 0 amide bonds. The third kappa shape index (κ3) is 2.43. The van der Waals surface area contributed by atoms with Gasteiger partial charge in [-0.2, -0.15) is 4.37 Å². The van der Waals surface area contributed by atoms with Gasteiger partial charge in [0.2, 0.25) is 5.13 Å². The van der Waals surface area contributed by atoms with Crippen molar-refractivity contribution in [1.29, 1.82) is 0 Å². The fourth-order valence-electron chi connectivity index (χ4n) is 2.02. The molecule has 0 bridgehead atoms. The predicted molar refractivity (Wildman–Crippen MR) is 70.1 cm³/mol. The Morgan fingerprint density at radius 2 is 2.44 bits per heavy atom. The summed E-state index contributed by atoms with van der Waals surface area (Å²) in [7, 11) is 0. The van der Waals surface area contributed by atoms with Crippen molar-refractivity contribution in [2.24, 2.45) is 0 Å². The lowest BCUT2D eigenvalue weighted by molar-refractivity contribution is 0.224. The first kappa shape index (κ1) is 11.4. The van der Waals surface area contributed by atoms with E-state index in [0.717, 1.165) is 36.2 Å². The molecule has 0 aromatic carbocycles. The van der Waals surface area contributed by atoms with Crippen LogP contribution in [0.5, 0.6) is 5.75 Å². The molecule has 1 aliphatic heterocycles. The molecule has 0 saturated carbocycles. The number of rotatable bonds is 3. The van der Waals surface area contributed by atoms with Crippen molar-refractivity contribution >= 4 is 16.7 Å². The summed E-state index contributed by atoms with van der Waals surface area (Å²) in [6, 6.07) is 3.82. The van der Waals surface area contributed by atoms with E-state index in [-0.39, 0.29) is 6.10 Å². The highest BCUT2D eigenvalue weighted by atomic mass is 32.1. The van der Waals surface area contributed by atoms with Gasteiger partial charge in [-0.3, -0.25) is 4.98 Å². The van der Waals surface area contributed by atoms with E-state index in [4.69, 9.17) is 4.74 Å². The van der Waals surface area contributed by atoms with Crippen LogP contribution in [0.1, 0.15) is 12.2 Å². The largest absolute Gasteiger partial charge is 0.487 e. The predicted octanol–water partition coefficient (Wildman–Crippen LogP) is 1.90. The monoisotopic (exact) mass is 262 g/mol. The van der Waals surface area contributed by atoms with Crippen LogP contribution >= 0.6 is 11.5 Å². The Labute approximate surface area is 110 Å². The number of hydrogen-bond acceptors (Lipinski definition) is 6. The second kappa shape index (κ2) is 4.89. The molecule has 2 aromatic heterocycles. The second-order valence-electron chi connectivity index (χ2n) is 4.29. The molecule has 94 valence electrons. The van der Waals surface area contributed by atoms with E-state index in [1.165, 1.54) is 11.5 Å². The Bertz CT molecular complexity index is 516. The number of nitrogens with zero attached hydrogens (tertiary/aromatic N) is 4. The Morgan fingerprint density at radius 1 is 1.50 bits per heavy atom. The summed E-state index contributed by atoms with van der Waals surface area (Å²) in [6.45, 7) is 3.75. The molecular formula is C12H14N4OS. The number of aryl methyl sites for hydroxylation is 1. The summed E-state index contributed by atoms with van der Waals surface area (Å²) >= 11 is 1.45. The van der Waals surface area contributed by atoms with Crippen LogP contribution in [0.2, 0.25) is 0 Å². The van der Waals surface area contributed by atoms with Crippen LogP contribution < -0.4 is 9.64 Å². The van der Waals surface area contributed by atoms with Crippen molar-refractivity contribution < 1.29 is 4.74 Å². The summed E-state index contributed by atoms with van der Waals surface area (Å²) in [5, 5.41) is 0.991. The molecule has 3 rings (SSSR count). The summed E-state index contributed by atoms with van der Waals surface area (Å²) < 4.78 is 10.1. The van der Waals surface area contributed by atoms with Crippen LogP contribution in [0.25, 0.3) is 0 Å². The molecule has 3 heterocycles. The zero-order valence-electron chi connectivity index (χ0n) is 10.1. The molecule has 0 unspecified atom stereocenters. The van der Waals surface area contributed by atoms with E-state index in [0.29, 0.717) is 0 Å². The van der Waals surface area contributed by atoms with Gasteiger partial charge in [-0.15, -0.1) is 0 Å². The molecule has 1 saturated heterocycles. The Morgan fingerprint density at radius 3 is 3.17 bits per heavy atom. The van der Waals surface area contributed by atoms with Gasteiger partial charge in [0.25, 0.3) is 0 Å². The Kier molecular flexibility index (Phi) is 3.10. The van der Waals surface area contributed by atoms with Crippen LogP contribution in [0.15, 0.2) is 24.5 Å². The molecule has 0 aliphatic carbocycles. The van der Waals surface area contributed by atoms with E-state index in [2.05, 4.69) is 19.2 Å². The van der Waals surface area contributed by atoms with Crippen LogP contribution in [0.4, 0.5) is 5.13 Å². The first-order valence-corrected chi connectivity index (χ1v) is 6.70. The lowest BCUT2D eigenvalue weighted by Gasteiger charge is -2.15. The fourth-order valence-corrected chi connectivity index (χ4v) is 2.73. The van der Waals surface area contributed by atoms with E-state index in [1.807, 2.05) is 19.1 Å². The number of hydrogen-bond donors (Lipinski definition) is 0. The molecule has 1 fully saturated rings. The minimum Gasteiger partial charge on any atom is -0.487 e. The van der Waals surface area contributed by atoms with Gasteiger partial charge < -0.3 is 9.64 Å². The highest BCUT2D eigenvalue weighted by Crippen LogP contribution is 2.24. The molecule has 0 radical (unpaired) electrons. The van der Waals surface area contributed by atoms with Gasteiger partial charge in [-0.25, -0.2) is 4.98 Å². The molecular weight excluding hydrogens is 248 g/mol. The molecule has 18 heavy (non-hydrogen) atoms. The molecule has 2 aromatic rings. The van der Waals surface area contributed by atoms with Crippen LogP contribution in [0, 0.1) is 6.92 Å². The van der Waals surface area contributed by atoms with E-state index < -0.39 is 0 Å². The lowest BCUT2D eigenvalue weighted by atomic mass is 10.3. The first-order valence-electron chi connectivity index (χ1n) is 5.93. The summed E-state index contributed by atoms with van der Waals surface area (Å²) in [5.74, 6) is 1.67. The molecule has 0 spiro atoms. The highest BCUT2D eigenvalue weighted by Gasteiger charge is 2.26. The SMILES string of the molecule is Cc1nsc(N2CC[C@H](Oc3cccnc3)C2)n1. The van der Waals surface area contributed by atoms with Crippen LogP contribution in [-0.4, -0.2) is 33.5 Å². The summed E-state index contributed by atoms with van der Waals surface area (Å²) in [6.07, 6.45) is 4.71. The Balaban J connectivity index is 1.62. The fraction of sp³-hybridized carbons (Fsp3) is 0.417. The molecule has 0 N–H and O–H groups in total. The summed E-state index contributed by atoms with van der Waals surface area (Å²) in [4.78, 5) is 10.7. The number of ether oxygens (including phenoxy) is 1. The maximum absolute atomic E-state index is 5.89. The van der Waals surface area contributed by atoms with Crippen molar-refractivity contribution in [2.45, 2.75) is 19.4 Å². The van der Waals surface area contributed by atoms with Crippen molar-refractivity contribution in [3.63, 3.8) is 0 Å². The lowest BCUT2D eigenvalue weighted by Crippen LogP contribution is -2.24. The highest BCUT2D eigenvalue weighted by molar-refractivity contribution is 7.09. The maximum atomic E-state index is 5.89. The van der Waals surface area contributed by atoms with E-state index >= 15 is 0 Å². The smallest absolute Gasteiger partial charge is 0.205 e. The number of aromatic nitrogens is 3. The van der Waals surface area contributed by atoms with Gasteiger partial charge in [0.15, 0.2) is 0 Å². The molecule has 6 heteroatoms. The topological polar surface area (TPSA) is 51.1 Å². The van der Waals surface area contributed by atoms with Crippen molar-refractivity contribution in [3.8, 4) is 5.75 Å². The first-order chi connectivity index (χ1) is 8.81. The minimum atomic E-state index is 0.207. The van der Waals surface area contributed by atoms with Gasteiger partial charge in [-0.1, -0.05) is 0 Å². The van der Waals surface area contributed by atoms with Crippen LogP contribution in [0.3, 0.4) is 0 Å². The Hall–Kier alpha value is -1.69. The van der Waals surface area contributed by atoms with Gasteiger partial charge in [0, 0.05) is 30.7 Å². The third-order valence-electron chi connectivity index (χ3n) is 2.87. The average Bonchev–Trinajstić information content (AvgIpc) is 2.99. The summed E-state index contributed by atoms with van der Waals surface area (Å²) in [5.41, 5.74) is 0. The standard InChI is InChI=1S/C12H14N4OS/c1-9-14-12(18-15-9)16-6-4-11(8-16)17-10-3-2-5-13-7-10/h2-3,5,7,11H,4,6,8H2,1H3/t11-/m0/s1. The van der Waals surface area contributed by atoms with E-state index in [1.54, 1.807) is 12.4 Å².